The Morgan fingerprint density at radius 3 is 2.74 bits per heavy atom. The van der Waals surface area contributed by atoms with Gasteiger partial charge in [0.05, 0.1) is 24.1 Å². The number of pyridine rings is 1. The number of aliphatic hydroxyl groups is 1. The maximum absolute atomic E-state index is 12.0. The zero-order valence-electron chi connectivity index (χ0n) is 12.3. The molecule has 0 radical (unpaired) electrons. The lowest BCUT2D eigenvalue weighted by atomic mass is 10.1. The number of nitrogens with zero attached hydrogens (tertiary/aromatic N) is 2. The van der Waals surface area contributed by atoms with Crippen molar-refractivity contribution in [2.24, 2.45) is 5.10 Å². The van der Waals surface area contributed by atoms with E-state index in [0.717, 1.165) is 16.3 Å². The van der Waals surface area contributed by atoms with E-state index < -0.39 is 0 Å². The van der Waals surface area contributed by atoms with Gasteiger partial charge in [0.15, 0.2) is 0 Å². The fourth-order valence-corrected chi connectivity index (χ4v) is 2.24. The monoisotopic (exact) mass is 305 g/mol. The standard InChI is InChI=1S/C18H15N3O2/c22-12-16-9-8-15(10-19-16)18(23)21-20-11-14-6-3-5-13-4-1-2-7-17(13)14/h1-11,22H,12H2,(H,21,23)/b20-11+. The van der Waals surface area contributed by atoms with Gasteiger partial charge in [-0.05, 0) is 22.9 Å². The highest BCUT2D eigenvalue weighted by atomic mass is 16.3. The first-order chi connectivity index (χ1) is 11.3. The Kier molecular flexibility index (Phi) is 4.40. The van der Waals surface area contributed by atoms with Crippen LogP contribution in [0.2, 0.25) is 0 Å². The number of benzene rings is 2. The van der Waals surface area contributed by atoms with Crippen molar-refractivity contribution in [3.05, 3.63) is 77.6 Å². The van der Waals surface area contributed by atoms with Crippen LogP contribution in [0.5, 0.6) is 0 Å². The fourth-order valence-electron chi connectivity index (χ4n) is 2.24. The van der Waals surface area contributed by atoms with Crippen LogP contribution in [0.3, 0.4) is 0 Å². The number of carbonyl (C=O) groups is 1. The molecule has 2 N–H and O–H groups in total. The number of aliphatic hydroxyl groups excluding tert-OH is 1. The van der Waals surface area contributed by atoms with Crippen LogP contribution in [0.15, 0.2) is 65.9 Å². The maximum atomic E-state index is 12.0. The number of hydrogen-bond donors (Lipinski definition) is 2. The molecular formula is C18H15N3O2. The van der Waals surface area contributed by atoms with Crippen molar-refractivity contribution in [2.45, 2.75) is 6.61 Å². The highest BCUT2D eigenvalue weighted by molar-refractivity contribution is 6.00. The highest BCUT2D eigenvalue weighted by Gasteiger charge is 2.04. The minimum atomic E-state index is -0.349. The predicted molar refractivity (Wildman–Crippen MR) is 89.2 cm³/mol. The van der Waals surface area contributed by atoms with Crippen molar-refractivity contribution in [2.75, 3.05) is 0 Å². The summed E-state index contributed by atoms with van der Waals surface area (Å²) < 4.78 is 0. The Balaban J connectivity index is 1.73. The lowest BCUT2D eigenvalue weighted by Gasteiger charge is -2.02. The van der Waals surface area contributed by atoms with Crippen molar-refractivity contribution in [3.8, 4) is 0 Å². The smallest absolute Gasteiger partial charge is 0.272 e. The summed E-state index contributed by atoms with van der Waals surface area (Å²) in [4.78, 5) is 15.9. The molecule has 3 rings (SSSR count). The molecule has 5 nitrogen and oxygen atoms in total. The van der Waals surface area contributed by atoms with Crippen LogP contribution in [0.4, 0.5) is 0 Å². The number of rotatable bonds is 4. The van der Waals surface area contributed by atoms with Gasteiger partial charge in [0.1, 0.15) is 0 Å². The third-order valence-corrected chi connectivity index (χ3v) is 3.44. The number of amides is 1. The van der Waals surface area contributed by atoms with E-state index in [1.165, 1.54) is 6.20 Å². The summed E-state index contributed by atoms with van der Waals surface area (Å²) in [6.45, 7) is -0.152. The van der Waals surface area contributed by atoms with Gasteiger partial charge in [0.2, 0.25) is 0 Å². The zero-order chi connectivity index (χ0) is 16.1. The second-order valence-corrected chi connectivity index (χ2v) is 4.96. The molecule has 0 bridgehead atoms. The van der Waals surface area contributed by atoms with Gasteiger partial charge in [-0.1, -0.05) is 42.5 Å². The normalized spacial score (nSPS) is 11.0. The summed E-state index contributed by atoms with van der Waals surface area (Å²) in [5, 5.41) is 15.1. The van der Waals surface area contributed by atoms with Gasteiger partial charge in [-0.15, -0.1) is 0 Å². The van der Waals surface area contributed by atoms with E-state index in [1.807, 2.05) is 42.5 Å². The van der Waals surface area contributed by atoms with Crippen LogP contribution >= 0.6 is 0 Å². The van der Waals surface area contributed by atoms with Gasteiger partial charge in [0.25, 0.3) is 5.91 Å². The lowest BCUT2D eigenvalue weighted by molar-refractivity contribution is 0.0954. The number of hydrogen-bond acceptors (Lipinski definition) is 4. The first-order valence-corrected chi connectivity index (χ1v) is 7.15. The van der Waals surface area contributed by atoms with Gasteiger partial charge < -0.3 is 5.11 Å². The van der Waals surface area contributed by atoms with Crippen molar-refractivity contribution < 1.29 is 9.90 Å². The fraction of sp³-hybridized carbons (Fsp3) is 0.0556. The first-order valence-electron chi connectivity index (χ1n) is 7.15. The number of hydrazone groups is 1. The van der Waals surface area contributed by atoms with Crippen molar-refractivity contribution in [1.29, 1.82) is 0 Å². The second kappa shape index (κ2) is 6.81. The minimum Gasteiger partial charge on any atom is -0.390 e. The summed E-state index contributed by atoms with van der Waals surface area (Å²) in [5.41, 5.74) is 4.31. The summed E-state index contributed by atoms with van der Waals surface area (Å²) in [5.74, 6) is -0.349. The van der Waals surface area contributed by atoms with E-state index in [9.17, 15) is 4.79 Å². The zero-order valence-corrected chi connectivity index (χ0v) is 12.3. The molecule has 1 heterocycles. The molecule has 114 valence electrons. The van der Waals surface area contributed by atoms with E-state index in [2.05, 4.69) is 15.5 Å². The average Bonchev–Trinajstić information content (AvgIpc) is 2.62. The maximum Gasteiger partial charge on any atom is 0.272 e. The summed E-state index contributed by atoms with van der Waals surface area (Å²) in [7, 11) is 0. The Labute approximate surface area is 133 Å². The van der Waals surface area contributed by atoms with Crippen LogP contribution < -0.4 is 5.43 Å². The molecule has 2 aromatic carbocycles. The van der Waals surface area contributed by atoms with E-state index in [1.54, 1.807) is 18.3 Å². The van der Waals surface area contributed by atoms with Gasteiger partial charge >= 0.3 is 0 Å². The Hall–Kier alpha value is -3.05. The molecule has 0 unspecified atom stereocenters. The molecule has 1 amide bonds. The van der Waals surface area contributed by atoms with E-state index in [0.29, 0.717) is 11.3 Å². The molecule has 1 aromatic heterocycles. The molecule has 0 spiro atoms. The molecule has 0 aliphatic carbocycles. The average molecular weight is 305 g/mol. The van der Waals surface area contributed by atoms with Gasteiger partial charge in [0, 0.05) is 11.8 Å². The van der Waals surface area contributed by atoms with E-state index in [4.69, 9.17) is 5.11 Å². The number of aromatic nitrogens is 1. The van der Waals surface area contributed by atoms with Crippen LogP contribution in [0.1, 0.15) is 21.6 Å². The molecule has 0 aliphatic rings. The molecule has 0 saturated heterocycles. The largest absolute Gasteiger partial charge is 0.390 e. The van der Waals surface area contributed by atoms with Crippen LogP contribution in [0, 0.1) is 0 Å². The third-order valence-electron chi connectivity index (χ3n) is 3.44. The third kappa shape index (κ3) is 3.41. The van der Waals surface area contributed by atoms with Crippen LogP contribution in [-0.4, -0.2) is 22.2 Å². The number of carbonyl (C=O) groups excluding carboxylic acids is 1. The molecule has 5 heteroatoms. The quantitative estimate of drug-likeness (QED) is 0.574. The lowest BCUT2D eigenvalue weighted by Crippen LogP contribution is -2.18. The van der Waals surface area contributed by atoms with E-state index in [-0.39, 0.29) is 12.5 Å². The summed E-state index contributed by atoms with van der Waals surface area (Å²) >= 11 is 0. The Morgan fingerprint density at radius 2 is 1.96 bits per heavy atom. The molecule has 0 saturated carbocycles. The summed E-state index contributed by atoms with van der Waals surface area (Å²) in [6, 6.07) is 17.1. The topological polar surface area (TPSA) is 74.6 Å². The number of nitrogens with one attached hydrogen (secondary N) is 1. The second-order valence-electron chi connectivity index (χ2n) is 4.96. The van der Waals surface area contributed by atoms with Crippen molar-refractivity contribution >= 4 is 22.9 Å². The van der Waals surface area contributed by atoms with Gasteiger partial charge in [-0.3, -0.25) is 9.78 Å². The highest BCUT2D eigenvalue weighted by Crippen LogP contribution is 2.16. The molecule has 0 fully saturated rings. The van der Waals surface area contributed by atoms with E-state index >= 15 is 0 Å². The molecular weight excluding hydrogens is 290 g/mol. The van der Waals surface area contributed by atoms with Crippen molar-refractivity contribution in [3.63, 3.8) is 0 Å². The Bertz CT molecular complexity index is 852. The van der Waals surface area contributed by atoms with Crippen LogP contribution in [-0.2, 0) is 6.61 Å². The molecule has 3 aromatic rings. The molecule has 23 heavy (non-hydrogen) atoms. The molecule has 0 atom stereocenters. The predicted octanol–water partition coefficient (Wildman–Crippen LogP) is 2.49. The van der Waals surface area contributed by atoms with Gasteiger partial charge in [-0.2, -0.15) is 5.10 Å². The summed E-state index contributed by atoms with van der Waals surface area (Å²) in [6.07, 6.45) is 3.03. The Morgan fingerprint density at radius 1 is 1.13 bits per heavy atom. The van der Waals surface area contributed by atoms with Crippen molar-refractivity contribution in [1.82, 2.24) is 10.4 Å². The van der Waals surface area contributed by atoms with Crippen LogP contribution in [0.25, 0.3) is 10.8 Å². The first kappa shape index (κ1) is 14.9. The number of fused-ring (bicyclic) bond motifs is 1. The minimum absolute atomic E-state index is 0.152. The van der Waals surface area contributed by atoms with Gasteiger partial charge in [-0.25, -0.2) is 5.43 Å². The SMILES string of the molecule is O=C(N/N=C/c1cccc2ccccc12)c1ccc(CO)nc1. The molecule has 0 aliphatic heterocycles.